The van der Waals surface area contributed by atoms with Crippen LogP contribution in [0, 0.1) is 6.07 Å². The summed E-state index contributed by atoms with van der Waals surface area (Å²) >= 11 is 1.59. The topological polar surface area (TPSA) is 43.8 Å². The number of thioether (sulfide) groups is 1. The minimum Gasteiger partial charge on any atom is -0.382 e. The number of nitrogens with zero attached hydrogens (tertiary/aromatic N) is 2. The molecule has 0 atom stereocenters. The van der Waals surface area contributed by atoms with Crippen molar-refractivity contribution in [3.8, 4) is 11.3 Å². The van der Waals surface area contributed by atoms with Gasteiger partial charge in [-0.3, -0.25) is 0 Å². The average Bonchev–Trinajstić information content (AvgIpc) is 2.55. The average molecular weight is 218 g/mol. The number of hydrogen-bond acceptors (Lipinski definition) is 3. The van der Waals surface area contributed by atoms with Crippen LogP contribution in [0.5, 0.6) is 0 Å². The third-order valence-corrected chi connectivity index (χ3v) is 2.99. The number of benzene rings is 1. The summed E-state index contributed by atoms with van der Waals surface area (Å²) in [5, 5.41) is 0.926. The van der Waals surface area contributed by atoms with E-state index in [9.17, 15) is 0 Å². The Morgan fingerprint density at radius 1 is 1.40 bits per heavy atom. The van der Waals surface area contributed by atoms with Crippen LogP contribution >= 0.6 is 11.8 Å². The van der Waals surface area contributed by atoms with E-state index in [0.29, 0.717) is 5.82 Å². The second-order valence-electron chi connectivity index (χ2n) is 3.18. The molecule has 0 aliphatic heterocycles. The fourth-order valence-electron chi connectivity index (χ4n) is 1.57. The molecule has 3 nitrogen and oxygen atoms in total. The van der Waals surface area contributed by atoms with Crippen LogP contribution in [0.15, 0.2) is 29.4 Å². The van der Waals surface area contributed by atoms with Gasteiger partial charge in [0.25, 0.3) is 0 Å². The van der Waals surface area contributed by atoms with E-state index in [1.165, 1.54) is 0 Å². The largest absolute Gasteiger partial charge is 0.382 e. The van der Waals surface area contributed by atoms with E-state index in [0.717, 1.165) is 16.4 Å². The Hall–Kier alpha value is -1.42. The second-order valence-corrected chi connectivity index (χ2v) is 3.95. The Balaban J connectivity index is 2.58. The Morgan fingerprint density at radius 3 is 2.60 bits per heavy atom. The number of rotatable bonds is 2. The van der Waals surface area contributed by atoms with Gasteiger partial charge in [-0.15, -0.1) is 0 Å². The molecule has 77 valence electrons. The second kappa shape index (κ2) is 3.98. The van der Waals surface area contributed by atoms with E-state index in [1.54, 1.807) is 11.8 Å². The Bertz CT molecular complexity index is 462. The summed E-state index contributed by atoms with van der Waals surface area (Å²) in [6, 6.07) is 10.7. The molecule has 0 amide bonds. The van der Waals surface area contributed by atoms with Crippen molar-refractivity contribution in [3.63, 3.8) is 0 Å². The number of anilines is 1. The van der Waals surface area contributed by atoms with Gasteiger partial charge >= 0.3 is 0 Å². The molecule has 0 spiro atoms. The van der Waals surface area contributed by atoms with Crippen LogP contribution in [0.3, 0.4) is 0 Å². The van der Waals surface area contributed by atoms with Crippen molar-refractivity contribution in [3.05, 3.63) is 30.3 Å². The fraction of sp³-hybridized carbons (Fsp3) is 0.182. The van der Waals surface area contributed by atoms with Gasteiger partial charge < -0.3 is 10.3 Å². The molecular weight excluding hydrogens is 206 g/mol. The Labute approximate surface area is 93.3 Å². The van der Waals surface area contributed by atoms with E-state index < -0.39 is 0 Å². The van der Waals surface area contributed by atoms with Gasteiger partial charge in [-0.1, -0.05) is 36.0 Å². The number of hydrogen-bond donors (Lipinski definition) is 1. The predicted molar refractivity (Wildman–Crippen MR) is 63.7 cm³/mol. The maximum atomic E-state index is 5.89. The molecule has 0 saturated heterocycles. The van der Waals surface area contributed by atoms with Crippen molar-refractivity contribution in [2.45, 2.75) is 5.16 Å². The molecule has 0 saturated carbocycles. The highest BCUT2D eigenvalue weighted by atomic mass is 32.2. The Morgan fingerprint density at radius 2 is 2.07 bits per heavy atom. The first kappa shape index (κ1) is 10.1. The van der Waals surface area contributed by atoms with Crippen LogP contribution in [0.4, 0.5) is 5.82 Å². The molecule has 0 aliphatic carbocycles. The van der Waals surface area contributed by atoms with Crippen molar-refractivity contribution >= 4 is 17.6 Å². The van der Waals surface area contributed by atoms with E-state index in [2.05, 4.69) is 11.1 Å². The molecular formula is C11H12N3S. The summed E-state index contributed by atoms with van der Waals surface area (Å²) in [6.07, 6.45) is 1.99. The van der Waals surface area contributed by atoms with Crippen LogP contribution in [0.25, 0.3) is 11.3 Å². The van der Waals surface area contributed by atoms with Gasteiger partial charge in [0.15, 0.2) is 11.0 Å². The molecule has 4 heteroatoms. The smallest absolute Gasteiger partial charge is 0.170 e. The minimum atomic E-state index is 0.577. The van der Waals surface area contributed by atoms with Gasteiger partial charge in [0.2, 0.25) is 0 Å². The molecule has 0 fully saturated rings. The van der Waals surface area contributed by atoms with Gasteiger partial charge in [-0.2, -0.15) is 0 Å². The van der Waals surface area contributed by atoms with Crippen molar-refractivity contribution < 1.29 is 0 Å². The monoisotopic (exact) mass is 218 g/mol. The van der Waals surface area contributed by atoms with Crippen LogP contribution < -0.4 is 5.73 Å². The molecule has 1 aromatic heterocycles. The number of nitrogen functional groups attached to an aromatic ring is 1. The standard InChI is InChI=1S/C11H12N3S/c1-14-9(8-6-4-3-5-7-8)10(12)13-11(14)15-2/h4-7H,12H2,1-2H3. The molecule has 0 aliphatic rings. The molecule has 15 heavy (non-hydrogen) atoms. The van der Waals surface area contributed by atoms with Crippen molar-refractivity contribution in [2.75, 3.05) is 12.0 Å². The predicted octanol–water partition coefficient (Wildman–Crippen LogP) is 2.19. The van der Waals surface area contributed by atoms with Crippen LogP contribution in [0.1, 0.15) is 0 Å². The van der Waals surface area contributed by atoms with Crippen molar-refractivity contribution in [1.82, 2.24) is 9.55 Å². The minimum absolute atomic E-state index is 0.577. The molecule has 2 rings (SSSR count). The summed E-state index contributed by atoms with van der Waals surface area (Å²) in [6.45, 7) is 0. The maximum absolute atomic E-state index is 5.89. The molecule has 1 heterocycles. The molecule has 2 aromatic rings. The summed E-state index contributed by atoms with van der Waals surface area (Å²) in [5.41, 5.74) is 7.93. The van der Waals surface area contributed by atoms with E-state index in [1.807, 2.05) is 42.1 Å². The van der Waals surface area contributed by atoms with Crippen molar-refractivity contribution in [2.24, 2.45) is 7.05 Å². The maximum Gasteiger partial charge on any atom is 0.170 e. The molecule has 0 unspecified atom stereocenters. The third-order valence-electron chi connectivity index (χ3n) is 2.26. The zero-order valence-electron chi connectivity index (χ0n) is 8.69. The van der Waals surface area contributed by atoms with Gasteiger partial charge in [-0.25, -0.2) is 4.98 Å². The lowest BCUT2D eigenvalue weighted by Gasteiger charge is -2.04. The van der Waals surface area contributed by atoms with E-state index in [4.69, 9.17) is 5.73 Å². The number of nitrogens with two attached hydrogens (primary N) is 1. The summed E-state index contributed by atoms with van der Waals surface area (Å²) in [5.74, 6) is 0.577. The SMILES string of the molecule is CSc1nc(N)c(-c2cc[c]cc2)n1C. The van der Waals surface area contributed by atoms with Crippen LogP contribution in [0.2, 0.25) is 0 Å². The highest BCUT2D eigenvalue weighted by molar-refractivity contribution is 7.98. The first-order chi connectivity index (χ1) is 7.24. The van der Waals surface area contributed by atoms with Gasteiger partial charge in [0.1, 0.15) is 0 Å². The lowest BCUT2D eigenvalue weighted by molar-refractivity contribution is 0.798. The van der Waals surface area contributed by atoms with E-state index in [-0.39, 0.29) is 0 Å². The molecule has 2 N–H and O–H groups in total. The zero-order chi connectivity index (χ0) is 10.8. The van der Waals surface area contributed by atoms with Gasteiger partial charge in [0.05, 0.1) is 5.69 Å². The highest BCUT2D eigenvalue weighted by Gasteiger charge is 2.12. The van der Waals surface area contributed by atoms with Crippen LogP contribution in [-0.2, 0) is 7.05 Å². The van der Waals surface area contributed by atoms with Crippen molar-refractivity contribution in [1.29, 1.82) is 0 Å². The molecule has 1 aromatic carbocycles. The van der Waals surface area contributed by atoms with Crippen LogP contribution in [-0.4, -0.2) is 15.8 Å². The summed E-state index contributed by atoms with van der Waals surface area (Å²) in [4.78, 5) is 4.30. The summed E-state index contributed by atoms with van der Waals surface area (Å²) in [7, 11) is 1.97. The first-order valence-corrected chi connectivity index (χ1v) is 5.79. The molecule has 0 bridgehead atoms. The third kappa shape index (κ3) is 1.72. The fourth-order valence-corrected chi connectivity index (χ4v) is 2.12. The number of aromatic nitrogens is 2. The quantitative estimate of drug-likeness (QED) is 0.786. The lowest BCUT2D eigenvalue weighted by atomic mass is 10.1. The summed E-state index contributed by atoms with van der Waals surface area (Å²) < 4.78 is 2.01. The molecule has 1 radical (unpaired) electrons. The number of imidazole rings is 1. The Kier molecular flexibility index (Phi) is 2.68. The van der Waals surface area contributed by atoms with E-state index >= 15 is 0 Å². The lowest BCUT2D eigenvalue weighted by Crippen LogP contribution is -1.95. The normalized spacial score (nSPS) is 10.5. The first-order valence-electron chi connectivity index (χ1n) is 4.56. The van der Waals surface area contributed by atoms with Gasteiger partial charge in [0, 0.05) is 12.6 Å². The van der Waals surface area contributed by atoms with Gasteiger partial charge in [-0.05, 0) is 12.3 Å². The highest BCUT2D eigenvalue weighted by Crippen LogP contribution is 2.28. The zero-order valence-corrected chi connectivity index (χ0v) is 9.51.